The Hall–Kier alpha value is -2.63. The van der Waals surface area contributed by atoms with Crippen LogP contribution in [-0.2, 0) is 6.54 Å². The Balaban J connectivity index is 2.30. The molecule has 4 N–H and O–H groups in total. The second kappa shape index (κ2) is 5.13. The number of rotatable bonds is 3. The first kappa shape index (κ1) is 11.8. The van der Waals surface area contributed by atoms with Gasteiger partial charge in [-0.2, -0.15) is 0 Å². The predicted octanol–water partition coefficient (Wildman–Crippen LogP) is 1.49. The molecule has 2 aromatic rings. The third-order valence-electron chi connectivity index (χ3n) is 2.31. The average molecular weight is 244 g/mol. The highest BCUT2D eigenvalue weighted by Gasteiger charge is 2.07. The third kappa shape index (κ3) is 2.73. The van der Waals surface area contributed by atoms with Gasteiger partial charge in [-0.15, -0.1) is 0 Å². The predicted molar refractivity (Wildman–Crippen MR) is 66.7 cm³/mol. The highest BCUT2D eigenvalue weighted by atomic mass is 16.4. The van der Waals surface area contributed by atoms with Crippen LogP contribution >= 0.6 is 0 Å². The summed E-state index contributed by atoms with van der Waals surface area (Å²) in [5, 5.41) is 10.7. The molecule has 2 rings (SSSR count). The molecule has 0 aliphatic heterocycles. The van der Waals surface area contributed by atoms with E-state index >= 15 is 0 Å². The van der Waals surface area contributed by atoms with E-state index in [1.54, 1.807) is 0 Å². The minimum atomic E-state index is -1.11. The number of nitrogens with two attached hydrogens (primary N) is 1. The summed E-state index contributed by atoms with van der Waals surface area (Å²) in [6.45, 7) is 0.0510. The van der Waals surface area contributed by atoms with Crippen molar-refractivity contribution in [3.05, 3.63) is 42.4 Å². The standard InChI is InChI=1S/C12H12N4O2/c13-9-6-14-10(7-15-12(17)18)16-11(9)8-4-2-1-3-5-8/h1-6,15H,7,13H2,(H,17,18). The molecule has 1 aromatic heterocycles. The largest absolute Gasteiger partial charge is 0.465 e. The Kier molecular flexibility index (Phi) is 3.38. The molecule has 1 aromatic carbocycles. The summed E-state index contributed by atoms with van der Waals surface area (Å²) >= 11 is 0. The van der Waals surface area contributed by atoms with Gasteiger partial charge in [0.15, 0.2) is 0 Å². The molecule has 92 valence electrons. The molecule has 18 heavy (non-hydrogen) atoms. The van der Waals surface area contributed by atoms with Crippen molar-refractivity contribution in [1.29, 1.82) is 0 Å². The van der Waals surface area contributed by atoms with Crippen LogP contribution in [0.3, 0.4) is 0 Å². The fraction of sp³-hybridized carbons (Fsp3) is 0.0833. The van der Waals surface area contributed by atoms with Crippen molar-refractivity contribution < 1.29 is 9.90 Å². The van der Waals surface area contributed by atoms with Crippen molar-refractivity contribution >= 4 is 11.8 Å². The van der Waals surface area contributed by atoms with Crippen LogP contribution in [0.1, 0.15) is 5.82 Å². The summed E-state index contributed by atoms with van der Waals surface area (Å²) < 4.78 is 0. The number of anilines is 1. The van der Waals surface area contributed by atoms with Crippen LogP contribution in [0.25, 0.3) is 11.3 Å². The summed E-state index contributed by atoms with van der Waals surface area (Å²) in [7, 11) is 0. The molecule has 0 bridgehead atoms. The second-order valence-corrected chi connectivity index (χ2v) is 3.61. The number of hydrogen-bond acceptors (Lipinski definition) is 4. The first-order valence-electron chi connectivity index (χ1n) is 5.30. The topological polar surface area (TPSA) is 101 Å². The maximum atomic E-state index is 10.4. The molecule has 0 fully saturated rings. The number of nitrogens with zero attached hydrogens (tertiary/aromatic N) is 2. The van der Waals surface area contributed by atoms with E-state index in [9.17, 15) is 4.79 Å². The first-order valence-corrected chi connectivity index (χ1v) is 5.30. The first-order chi connectivity index (χ1) is 8.66. The SMILES string of the molecule is Nc1cnc(CNC(=O)O)nc1-c1ccccc1. The van der Waals surface area contributed by atoms with E-state index in [4.69, 9.17) is 10.8 Å². The molecule has 0 saturated carbocycles. The zero-order valence-electron chi connectivity index (χ0n) is 9.50. The second-order valence-electron chi connectivity index (χ2n) is 3.61. The molecule has 6 heteroatoms. The monoisotopic (exact) mass is 244 g/mol. The number of hydrogen-bond donors (Lipinski definition) is 3. The van der Waals surface area contributed by atoms with Gasteiger partial charge in [0.1, 0.15) is 5.82 Å². The summed E-state index contributed by atoms with van der Waals surface area (Å²) in [5.74, 6) is 0.380. The van der Waals surface area contributed by atoms with Crippen molar-refractivity contribution in [2.45, 2.75) is 6.54 Å². The van der Waals surface area contributed by atoms with Crippen molar-refractivity contribution in [2.75, 3.05) is 5.73 Å². The molecule has 6 nitrogen and oxygen atoms in total. The highest BCUT2D eigenvalue weighted by molar-refractivity contribution is 5.71. The number of amides is 1. The van der Waals surface area contributed by atoms with Gasteiger partial charge in [0.2, 0.25) is 0 Å². The molecular weight excluding hydrogens is 232 g/mol. The molecule has 1 heterocycles. The van der Waals surface area contributed by atoms with Gasteiger partial charge in [-0.25, -0.2) is 14.8 Å². The van der Waals surface area contributed by atoms with E-state index in [2.05, 4.69) is 15.3 Å². The van der Waals surface area contributed by atoms with Crippen LogP contribution < -0.4 is 11.1 Å². The molecule has 0 saturated heterocycles. The molecule has 0 atom stereocenters. The maximum Gasteiger partial charge on any atom is 0.405 e. The number of nitrogen functional groups attached to an aromatic ring is 1. The lowest BCUT2D eigenvalue weighted by molar-refractivity contribution is 0.193. The zero-order chi connectivity index (χ0) is 13.0. The van der Waals surface area contributed by atoms with Crippen molar-refractivity contribution in [2.24, 2.45) is 0 Å². The Morgan fingerprint density at radius 1 is 1.33 bits per heavy atom. The van der Waals surface area contributed by atoms with E-state index in [0.717, 1.165) is 5.56 Å². The highest BCUT2D eigenvalue weighted by Crippen LogP contribution is 2.22. The van der Waals surface area contributed by atoms with E-state index in [1.807, 2.05) is 30.3 Å². The van der Waals surface area contributed by atoms with Gasteiger partial charge in [-0.3, -0.25) is 0 Å². The number of aromatic nitrogens is 2. The quantitative estimate of drug-likeness (QED) is 0.759. The Bertz CT molecular complexity index is 557. The van der Waals surface area contributed by atoms with Crippen LogP contribution in [0.5, 0.6) is 0 Å². The lowest BCUT2D eigenvalue weighted by Crippen LogP contribution is -2.21. The normalized spacial score (nSPS) is 10.0. The fourth-order valence-electron chi connectivity index (χ4n) is 1.49. The van der Waals surface area contributed by atoms with Gasteiger partial charge < -0.3 is 16.2 Å². The van der Waals surface area contributed by atoms with Gasteiger partial charge in [0, 0.05) is 5.56 Å². The molecule has 0 aliphatic carbocycles. The van der Waals surface area contributed by atoms with Crippen molar-refractivity contribution in [3.8, 4) is 11.3 Å². The lowest BCUT2D eigenvalue weighted by Gasteiger charge is -2.07. The number of nitrogens with one attached hydrogen (secondary N) is 1. The van der Waals surface area contributed by atoms with E-state index in [-0.39, 0.29) is 6.54 Å². The Morgan fingerprint density at radius 2 is 2.06 bits per heavy atom. The third-order valence-corrected chi connectivity index (χ3v) is 2.31. The smallest absolute Gasteiger partial charge is 0.405 e. The van der Waals surface area contributed by atoms with Gasteiger partial charge in [-0.1, -0.05) is 30.3 Å². The fourth-order valence-corrected chi connectivity index (χ4v) is 1.49. The molecule has 0 unspecified atom stereocenters. The van der Waals surface area contributed by atoms with Crippen LogP contribution in [0, 0.1) is 0 Å². The van der Waals surface area contributed by atoms with Crippen LogP contribution in [0.4, 0.5) is 10.5 Å². The molecule has 0 spiro atoms. The van der Waals surface area contributed by atoms with Gasteiger partial charge in [0.05, 0.1) is 24.1 Å². The Labute approximate surface area is 104 Å². The maximum absolute atomic E-state index is 10.4. The minimum absolute atomic E-state index is 0.0510. The van der Waals surface area contributed by atoms with Crippen LogP contribution in [0.2, 0.25) is 0 Å². The van der Waals surface area contributed by atoms with E-state index in [1.165, 1.54) is 6.20 Å². The average Bonchev–Trinajstić information content (AvgIpc) is 2.38. The molecule has 0 aliphatic rings. The molecular formula is C12H12N4O2. The summed E-state index contributed by atoms with van der Waals surface area (Å²) in [6.07, 6.45) is 0.366. The molecule has 1 amide bonds. The number of carbonyl (C=O) groups is 1. The Morgan fingerprint density at radius 3 is 2.72 bits per heavy atom. The summed E-state index contributed by atoms with van der Waals surface area (Å²) in [6, 6.07) is 9.42. The van der Waals surface area contributed by atoms with Crippen LogP contribution in [0.15, 0.2) is 36.5 Å². The van der Waals surface area contributed by atoms with Gasteiger partial charge >= 0.3 is 6.09 Å². The molecule has 0 radical (unpaired) electrons. The van der Waals surface area contributed by atoms with E-state index < -0.39 is 6.09 Å². The van der Waals surface area contributed by atoms with Crippen molar-refractivity contribution in [3.63, 3.8) is 0 Å². The van der Waals surface area contributed by atoms with Gasteiger partial charge in [0.25, 0.3) is 0 Å². The van der Waals surface area contributed by atoms with Crippen molar-refractivity contribution in [1.82, 2.24) is 15.3 Å². The number of benzene rings is 1. The van der Waals surface area contributed by atoms with Crippen LogP contribution in [-0.4, -0.2) is 21.2 Å². The summed E-state index contributed by atoms with van der Waals surface area (Å²) in [4.78, 5) is 18.6. The summed E-state index contributed by atoms with van der Waals surface area (Å²) in [5.41, 5.74) is 7.75. The zero-order valence-corrected chi connectivity index (χ0v) is 9.50. The van der Waals surface area contributed by atoms with Gasteiger partial charge in [-0.05, 0) is 0 Å². The minimum Gasteiger partial charge on any atom is -0.465 e. The lowest BCUT2D eigenvalue weighted by atomic mass is 10.1. The number of carboxylic acid groups (broad SMARTS) is 1. The van der Waals surface area contributed by atoms with E-state index in [0.29, 0.717) is 17.2 Å².